The molecule has 1 aliphatic carbocycles. The molecule has 1 saturated heterocycles. The lowest BCUT2D eigenvalue weighted by Gasteiger charge is -2.34. The number of sulfonamides is 1. The summed E-state index contributed by atoms with van der Waals surface area (Å²) >= 11 is 0. The Bertz CT molecular complexity index is 882. The number of carbonyl (C=O) groups excluding carboxylic acids is 2. The van der Waals surface area contributed by atoms with Gasteiger partial charge in [0.2, 0.25) is 10.0 Å². The van der Waals surface area contributed by atoms with Crippen LogP contribution in [0.3, 0.4) is 0 Å². The molecule has 0 aromatic heterocycles. The molecule has 31 heavy (non-hydrogen) atoms. The van der Waals surface area contributed by atoms with Crippen molar-refractivity contribution < 1.29 is 27.1 Å². The first kappa shape index (κ1) is 23.7. The maximum Gasteiger partial charge on any atom is 0.309 e. The Morgan fingerprint density at radius 2 is 1.74 bits per heavy atom. The third-order valence-corrected chi connectivity index (χ3v) is 8.55. The fourth-order valence-corrected chi connectivity index (χ4v) is 5.85. The number of carbonyl (C=O) groups is 2. The fraction of sp³-hybridized carbons (Fsp3) is 0.636. The van der Waals surface area contributed by atoms with Gasteiger partial charge >= 0.3 is 5.97 Å². The topological polar surface area (TPSA) is 92.8 Å². The van der Waals surface area contributed by atoms with Crippen molar-refractivity contribution in [3.63, 3.8) is 0 Å². The maximum absolute atomic E-state index is 13.1. The number of amides is 1. The van der Waals surface area contributed by atoms with Gasteiger partial charge in [0.05, 0.1) is 10.8 Å². The first-order valence-electron chi connectivity index (χ1n) is 10.9. The molecule has 9 heteroatoms. The van der Waals surface area contributed by atoms with E-state index in [-0.39, 0.29) is 36.5 Å². The van der Waals surface area contributed by atoms with Crippen LogP contribution in [-0.2, 0) is 24.3 Å². The summed E-state index contributed by atoms with van der Waals surface area (Å²) in [5, 5.41) is 2.98. The van der Waals surface area contributed by atoms with Gasteiger partial charge in [-0.15, -0.1) is 0 Å². The molecule has 1 aromatic carbocycles. The minimum Gasteiger partial charge on any atom is -0.455 e. The first-order chi connectivity index (χ1) is 14.7. The Hall–Kier alpha value is -2.00. The fourth-order valence-electron chi connectivity index (χ4n) is 4.38. The molecule has 7 nitrogen and oxygen atoms in total. The molecule has 172 valence electrons. The molecular formula is C22H31FN2O5S. The predicted octanol–water partition coefficient (Wildman–Crippen LogP) is 2.71. The van der Waals surface area contributed by atoms with Crippen LogP contribution in [0, 0.1) is 23.6 Å². The number of ether oxygens (including phenoxy) is 1. The van der Waals surface area contributed by atoms with Crippen LogP contribution >= 0.6 is 0 Å². The SMILES string of the molecule is C[C@@H]1[C@@H](C)CCC[C@H]1NC(=O)COC(=O)C1CCN(S(=O)(=O)c2ccc(F)cc2)CC1. The Morgan fingerprint density at radius 1 is 1.10 bits per heavy atom. The summed E-state index contributed by atoms with van der Waals surface area (Å²) in [6.07, 6.45) is 3.82. The van der Waals surface area contributed by atoms with Crippen molar-refractivity contribution in [3.05, 3.63) is 30.1 Å². The summed E-state index contributed by atoms with van der Waals surface area (Å²) in [5.41, 5.74) is 0. The average molecular weight is 455 g/mol. The standard InChI is InChI=1S/C22H31FN2O5S/c1-15-4-3-5-20(16(15)2)24-21(26)14-30-22(27)17-10-12-25(13-11-17)31(28,29)19-8-6-18(23)7-9-19/h6-9,15-17,20H,3-5,10-14H2,1-2H3,(H,24,26)/t15-,16+,20+/m0/s1. The van der Waals surface area contributed by atoms with Crippen LogP contribution in [0.15, 0.2) is 29.2 Å². The summed E-state index contributed by atoms with van der Waals surface area (Å²) in [7, 11) is -3.73. The number of piperidine rings is 1. The highest BCUT2D eigenvalue weighted by molar-refractivity contribution is 7.89. The molecule has 0 radical (unpaired) electrons. The third kappa shape index (κ3) is 5.83. The smallest absolute Gasteiger partial charge is 0.309 e. The number of nitrogens with one attached hydrogen (secondary N) is 1. The van der Waals surface area contributed by atoms with E-state index >= 15 is 0 Å². The second-order valence-corrected chi connectivity index (χ2v) is 10.6. The van der Waals surface area contributed by atoms with Crippen LogP contribution in [0.25, 0.3) is 0 Å². The van der Waals surface area contributed by atoms with Crippen molar-refractivity contribution in [2.75, 3.05) is 19.7 Å². The van der Waals surface area contributed by atoms with E-state index in [1.165, 1.54) is 16.4 Å². The van der Waals surface area contributed by atoms with Crippen LogP contribution in [-0.4, -0.2) is 50.3 Å². The lowest BCUT2D eigenvalue weighted by atomic mass is 9.78. The number of halogens is 1. The zero-order valence-electron chi connectivity index (χ0n) is 18.1. The van der Waals surface area contributed by atoms with Gasteiger partial charge < -0.3 is 10.1 Å². The summed E-state index contributed by atoms with van der Waals surface area (Å²) in [6, 6.07) is 4.79. The lowest BCUT2D eigenvalue weighted by Crippen LogP contribution is -2.45. The molecule has 1 aliphatic heterocycles. The van der Waals surface area contributed by atoms with Crippen LogP contribution < -0.4 is 5.32 Å². The minimum absolute atomic E-state index is 0.0258. The van der Waals surface area contributed by atoms with Crippen molar-refractivity contribution in [1.29, 1.82) is 0 Å². The van der Waals surface area contributed by atoms with Gasteiger partial charge in [0, 0.05) is 19.1 Å². The van der Waals surface area contributed by atoms with Gasteiger partial charge in [-0.1, -0.05) is 26.7 Å². The van der Waals surface area contributed by atoms with Crippen molar-refractivity contribution in [2.45, 2.75) is 56.9 Å². The van der Waals surface area contributed by atoms with Crippen LogP contribution in [0.2, 0.25) is 0 Å². The highest BCUT2D eigenvalue weighted by atomic mass is 32.2. The average Bonchev–Trinajstić information content (AvgIpc) is 2.75. The van der Waals surface area contributed by atoms with Gasteiger partial charge in [-0.05, 0) is 55.4 Å². The van der Waals surface area contributed by atoms with Crippen LogP contribution in [0.5, 0.6) is 0 Å². The van der Waals surface area contributed by atoms with E-state index in [1.54, 1.807) is 0 Å². The predicted molar refractivity (Wildman–Crippen MR) is 113 cm³/mol. The molecule has 1 amide bonds. The molecule has 2 aliphatic rings. The number of esters is 1. The lowest BCUT2D eigenvalue weighted by molar-refractivity contribution is -0.154. The summed E-state index contributed by atoms with van der Waals surface area (Å²) in [4.78, 5) is 24.6. The van der Waals surface area contributed by atoms with Gasteiger partial charge in [0.25, 0.3) is 5.91 Å². The molecular weight excluding hydrogens is 423 g/mol. The maximum atomic E-state index is 13.1. The van der Waals surface area contributed by atoms with E-state index in [0.29, 0.717) is 24.7 Å². The highest BCUT2D eigenvalue weighted by Crippen LogP contribution is 2.29. The largest absolute Gasteiger partial charge is 0.455 e. The number of hydrogen-bond acceptors (Lipinski definition) is 5. The highest BCUT2D eigenvalue weighted by Gasteiger charge is 2.33. The Kier molecular flexibility index (Phi) is 7.69. The molecule has 1 aromatic rings. The number of rotatable bonds is 6. The normalized spacial score (nSPS) is 25.7. The molecule has 0 bridgehead atoms. The van der Waals surface area contributed by atoms with E-state index in [4.69, 9.17) is 4.74 Å². The number of nitrogens with zero attached hydrogens (tertiary/aromatic N) is 1. The van der Waals surface area contributed by atoms with Crippen molar-refractivity contribution >= 4 is 21.9 Å². The molecule has 3 rings (SSSR count). The second-order valence-electron chi connectivity index (χ2n) is 8.68. The van der Waals surface area contributed by atoms with Gasteiger partial charge in [-0.2, -0.15) is 4.31 Å². The van der Waals surface area contributed by atoms with Gasteiger partial charge in [0.15, 0.2) is 6.61 Å². The summed E-state index contributed by atoms with van der Waals surface area (Å²) in [5.74, 6) is -0.772. The number of benzene rings is 1. The van der Waals surface area contributed by atoms with Crippen LogP contribution in [0.1, 0.15) is 46.0 Å². The molecule has 2 fully saturated rings. The van der Waals surface area contributed by atoms with E-state index in [9.17, 15) is 22.4 Å². The first-order valence-corrected chi connectivity index (χ1v) is 12.3. The Balaban J connectivity index is 1.45. The van der Waals surface area contributed by atoms with Crippen molar-refractivity contribution in [3.8, 4) is 0 Å². The van der Waals surface area contributed by atoms with Crippen molar-refractivity contribution in [2.24, 2.45) is 17.8 Å². The molecule has 3 atom stereocenters. The van der Waals surface area contributed by atoms with Crippen molar-refractivity contribution in [1.82, 2.24) is 9.62 Å². The van der Waals surface area contributed by atoms with Gasteiger partial charge in [-0.3, -0.25) is 9.59 Å². The second kappa shape index (κ2) is 10.1. The zero-order valence-corrected chi connectivity index (χ0v) is 18.9. The van der Waals surface area contributed by atoms with Gasteiger partial charge in [-0.25, -0.2) is 12.8 Å². The van der Waals surface area contributed by atoms with E-state index in [2.05, 4.69) is 19.2 Å². The molecule has 0 unspecified atom stereocenters. The molecule has 1 N–H and O–H groups in total. The van der Waals surface area contributed by atoms with E-state index in [1.807, 2.05) is 0 Å². The van der Waals surface area contributed by atoms with E-state index < -0.39 is 27.7 Å². The van der Waals surface area contributed by atoms with E-state index in [0.717, 1.165) is 31.4 Å². The minimum atomic E-state index is -3.73. The monoisotopic (exact) mass is 454 g/mol. The van der Waals surface area contributed by atoms with Crippen LogP contribution in [0.4, 0.5) is 4.39 Å². The summed E-state index contributed by atoms with van der Waals surface area (Å²) < 4.78 is 44.9. The Morgan fingerprint density at radius 3 is 2.39 bits per heavy atom. The third-order valence-electron chi connectivity index (χ3n) is 6.64. The quantitative estimate of drug-likeness (QED) is 0.667. The van der Waals surface area contributed by atoms with Gasteiger partial charge in [0.1, 0.15) is 5.82 Å². The molecule has 0 spiro atoms. The molecule has 1 heterocycles. The summed E-state index contributed by atoms with van der Waals surface area (Å²) in [6.45, 7) is 4.34. The molecule has 1 saturated carbocycles. The zero-order chi connectivity index (χ0) is 22.6. The number of hydrogen-bond donors (Lipinski definition) is 1. The Labute approximate surface area is 183 Å².